The van der Waals surface area contributed by atoms with Crippen molar-refractivity contribution < 1.29 is 21.6 Å². The van der Waals surface area contributed by atoms with Crippen molar-refractivity contribution in [3.8, 4) is 0 Å². The van der Waals surface area contributed by atoms with Crippen molar-refractivity contribution in [3.05, 3.63) is 11.0 Å². The fourth-order valence-electron chi connectivity index (χ4n) is 2.45. The molecule has 0 aliphatic heterocycles. The quantitative estimate of drug-likeness (QED) is 0.706. The summed E-state index contributed by atoms with van der Waals surface area (Å²) in [4.78, 5) is -0.412. The molecule has 1 fully saturated rings. The zero-order valence-corrected chi connectivity index (χ0v) is 8.74. The molecule has 86 valence electrons. The van der Waals surface area contributed by atoms with E-state index in [-0.39, 0.29) is 18.3 Å². The van der Waals surface area contributed by atoms with E-state index in [1.807, 2.05) is 0 Å². The van der Waals surface area contributed by atoms with E-state index >= 15 is 0 Å². The monoisotopic (exact) mass is 240 g/mol. The van der Waals surface area contributed by atoms with Gasteiger partial charge in [-0.15, -0.1) is 0 Å². The maximum Gasteiger partial charge on any atom is 0.501 e. The lowest BCUT2D eigenvalue weighted by Gasteiger charge is -2.10. The molecule has 0 amide bonds. The first-order valence-corrected chi connectivity index (χ1v) is 6.33. The van der Waals surface area contributed by atoms with E-state index in [0.717, 1.165) is 19.3 Å². The highest BCUT2D eigenvalue weighted by Crippen LogP contribution is 2.46. The Morgan fingerprint density at radius 2 is 1.93 bits per heavy atom. The van der Waals surface area contributed by atoms with Crippen molar-refractivity contribution in [2.24, 2.45) is 11.8 Å². The zero-order valence-electron chi connectivity index (χ0n) is 7.92. The van der Waals surface area contributed by atoms with Crippen LogP contribution in [0.1, 0.15) is 25.7 Å². The summed E-state index contributed by atoms with van der Waals surface area (Å²) in [6, 6.07) is 0. The molecule has 0 radical (unpaired) electrons. The van der Waals surface area contributed by atoms with Crippen molar-refractivity contribution in [1.82, 2.24) is 0 Å². The normalized spacial score (nSPS) is 31.5. The standard InChI is InChI=1S/C9H11F3O2S/c10-9(11,12)15(13,14)8-4-6-2-1-3-7(6)5-8/h4,6-7H,1-3,5H2. The zero-order chi connectivity index (χ0) is 11.3. The lowest BCUT2D eigenvalue weighted by atomic mass is 10.0. The molecule has 2 unspecified atom stereocenters. The molecule has 2 nitrogen and oxygen atoms in total. The Kier molecular flexibility index (Phi) is 2.37. The molecule has 1 saturated carbocycles. The minimum absolute atomic E-state index is 0.0529. The number of halogens is 3. The topological polar surface area (TPSA) is 34.1 Å². The number of fused-ring (bicyclic) bond motifs is 1. The highest BCUT2D eigenvalue weighted by Gasteiger charge is 2.50. The number of allylic oxidation sites excluding steroid dienone is 2. The number of alkyl halides is 3. The van der Waals surface area contributed by atoms with Gasteiger partial charge >= 0.3 is 5.51 Å². The predicted molar refractivity (Wildman–Crippen MR) is 48.5 cm³/mol. The summed E-state index contributed by atoms with van der Waals surface area (Å²) >= 11 is 0. The smallest absolute Gasteiger partial charge is 0.215 e. The number of sulfone groups is 1. The van der Waals surface area contributed by atoms with Crippen LogP contribution in [0.5, 0.6) is 0 Å². The van der Waals surface area contributed by atoms with E-state index < -0.39 is 20.3 Å². The maximum atomic E-state index is 12.2. The fourth-order valence-corrected chi connectivity index (χ4v) is 3.54. The molecule has 2 aliphatic carbocycles. The molecular formula is C9H11F3O2S. The van der Waals surface area contributed by atoms with E-state index in [1.54, 1.807) is 0 Å². The molecule has 15 heavy (non-hydrogen) atoms. The number of rotatable bonds is 1. The van der Waals surface area contributed by atoms with E-state index in [0.29, 0.717) is 0 Å². The number of hydrogen-bond acceptors (Lipinski definition) is 2. The third kappa shape index (κ3) is 1.68. The Morgan fingerprint density at radius 1 is 1.27 bits per heavy atom. The van der Waals surface area contributed by atoms with Crippen molar-refractivity contribution in [3.63, 3.8) is 0 Å². The van der Waals surface area contributed by atoms with Gasteiger partial charge in [0.2, 0.25) is 0 Å². The van der Waals surface area contributed by atoms with E-state index in [4.69, 9.17) is 0 Å². The minimum atomic E-state index is -5.14. The van der Waals surface area contributed by atoms with Crippen molar-refractivity contribution >= 4 is 9.84 Å². The third-order valence-corrected chi connectivity index (χ3v) is 4.83. The molecule has 0 bridgehead atoms. The van der Waals surface area contributed by atoms with Crippen LogP contribution >= 0.6 is 0 Å². The van der Waals surface area contributed by atoms with Crippen LogP contribution in [0.15, 0.2) is 11.0 Å². The summed E-state index contributed by atoms with van der Waals surface area (Å²) in [7, 11) is -5.06. The van der Waals surface area contributed by atoms with Gasteiger partial charge in [0.15, 0.2) is 0 Å². The van der Waals surface area contributed by atoms with Gasteiger partial charge in [0.1, 0.15) is 0 Å². The van der Waals surface area contributed by atoms with Gasteiger partial charge in [-0.1, -0.05) is 12.5 Å². The molecule has 0 N–H and O–H groups in total. The number of hydrogen-bond donors (Lipinski definition) is 0. The first-order chi connectivity index (χ1) is 6.82. The van der Waals surface area contributed by atoms with Gasteiger partial charge < -0.3 is 0 Å². The Bertz CT molecular complexity index is 394. The minimum Gasteiger partial charge on any atom is -0.215 e. The molecule has 0 saturated heterocycles. The molecule has 6 heteroatoms. The van der Waals surface area contributed by atoms with Gasteiger partial charge in [-0.2, -0.15) is 13.2 Å². The van der Waals surface area contributed by atoms with Gasteiger partial charge in [-0.3, -0.25) is 0 Å². The van der Waals surface area contributed by atoms with Gasteiger partial charge in [0, 0.05) is 0 Å². The first-order valence-electron chi connectivity index (χ1n) is 4.84. The lowest BCUT2D eigenvalue weighted by molar-refractivity contribution is -0.0427. The second-order valence-corrected chi connectivity index (χ2v) is 6.14. The molecular weight excluding hydrogens is 229 g/mol. The highest BCUT2D eigenvalue weighted by molar-refractivity contribution is 7.96. The molecule has 0 aromatic carbocycles. The van der Waals surface area contributed by atoms with Crippen LogP contribution in [0.25, 0.3) is 0 Å². The Balaban J connectivity index is 2.28. The van der Waals surface area contributed by atoms with E-state index in [1.165, 1.54) is 6.08 Å². The van der Waals surface area contributed by atoms with Crippen LogP contribution in [0.2, 0.25) is 0 Å². The average molecular weight is 240 g/mol. The molecule has 0 aromatic heterocycles. The Labute approximate surface area is 86.1 Å². The molecule has 2 aliphatic rings. The maximum absolute atomic E-state index is 12.2. The summed E-state index contributed by atoms with van der Waals surface area (Å²) in [5.41, 5.74) is -5.14. The molecule has 2 atom stereocenters. The van der Waals surface area contributed by atoms with E-state index in [9.17, 15) is 21.6 Å². The van der Waals surface area contributed by atoms with Crippen LogP contribution in [0, 0.1) is 11.8 Å². The highest BCUT2D eigenvalue weighted by atomic mass is 32.2. The van der Waals surface area contributed by atoms with Gasteiger partial charge in [0.05, 0.1) is 4.91 Å². The van der Waals surface area contributed by atoms with Gasteiger partial charge in [0.25, 0.3) is 9.84 Å². The third-order valence-electron chi connectivity index (χ3n) is 3.23. The fraction of sp³-hybridized carbons (Fsp3) is 0.778. The SMILES string of the molecule is O=S(=O)(C1=CC2CCCC2C1)C(F)(F)F. The average Bonchev–Trinajstić information content (AvgIpc) is 2.57. The molecule has 0 spiro atoms. The van der Waals surface area contributed by atoms with Crippen molar-refractivity contribution in [2.75, 3.05) is 0 Å². The van der Waals surface area contributed by atoms with Crippen LogP contribution in [0.4, 0.5) is 13.2 Å². The summed E-state index contributed by atoms with van der Waals surface area (Å²) in [5.74, 6) is 0.175. The Morgan fingerprint density at radius 3 is 2.47 bits per heavy atom. The first kappa shape index (κ1) is 11.0. The summed E-state index contributed by atoms with van der Waals surface area (Å²) < 4.78 is 58.9. The Hall–Kier alpha value is -0.520. The van der Waals surface area contributed by atoms with Gasteiger partial charge in [-0.05, 0) is 31.1 Å². The van der Waals surface area contributed by atoms with Crippen LogP contribution < -0.4 is 0 Å². The van der Waals surface area contributed by atoms with Gasteiger partial charge in [-0.25, -0.2) is 8.42 Å². The largest absolute Gasteiger partial charge is 0.501 e. The van der Waals surface area contributed by atoms with Crippen LogP contribution in [-0.4, -0.2) is 13.9 Å². The summed E-state index contributed by atoms with van der Waals surface area (Å²) in [6.07, 6.45) is 4.05. The van der Waals surface area contributed by atoms with Crippen molar-refractivity contribution in [1.29, 1.82) is 0 Å². The lowest BCUT2D eigenvalue weighted by Crippen LogP contribution is -2.24. The summed E-state index contributed by atoms with van der Waals surface area (Å²) in [5, 5.41) is 0. The van der Waals surface area contributed by atoms with Crippen LogP contribution in [0.3, 0.4) is 0 Å². The van der Waals surface area contributed by atoms with E-state index in [2.05, 4.69) is 0 Å². The molecule has 2 rings (SSSR count). The summed E-state index contributed by atoms with van der Waals surface area (Å²) in [6.45, 7) is 0. The predicted octanol–water partition coefficient (Wildman–Crippen LogP) is 2.62. The second-order valence-electron chi connectivity index (χ2n) is 4.14. The van der Waals surface area contributed by atoms with Crippen molar-refractivity contribution in [2.45, 2.75) is 31.2 Å². The molecule has 0 aromatic rings. The second kappa shape index (κ2) is 3.23. The molecule has 0 heterocycles. The van der Waals surface area contributed by atoms with Crippen LogP contribution in [-0.2, 0) is 9.84 Å².